The molecular formula is C21H44NO+. The van der Waals surface area contributed by atoms with Gasteiger partial charge in [0.15, 0.2) is 0 Å². The smallest absolute Gasteiger partial charge is 0.266 e. The number of hydrogen-bond acceptors (Lipinski definition) is 1. The zero-order valence-electron chi connectivity index (χ0n) is 16.7. The predicted molar refractivity (Wildman–Crippen MR) is 103 cm³/mol. The minimum absolute atomic E-state index is 0.273. The molecule has 0 rings (SSSR count). The minimum atomic E-state index is 0.273. The van der Waals surface area contributed by atoms with Gasteiger partial charge in [-0.25, -0.2) is 4.79 Å². The van der Waals surface area contributed by atoms with Crippen molar-refractivity contribution in [3.63, 3.8) is 0 Å². The lowest BCUT2D eigenvalue weighted by molar-refractivity contribution is -0.813. The Morgan fingerprint density at radius 3 is 1.22 bits per heavy atom. The second kappa shape index (κ2) is 15.2. The second-order valence-corrected chi connectivity index (χ2v) is 7.88. The lowest BCUT2D eigenvalue weighted by Gasteiger charge is -2.25. The van der Waals surface area contributed by atoms with Gasteiger partial charge in [0.05, 0.1) is 27.6 Å². The van der Waals surface area contributed by atoms with Crippen molar-refractivity contribution in [2.75, 3.05) is 20.6 Å². The van der Waals surface area contributed by atoms with Crippen LogP contribution < -0.4 is 0 Å². The Morgan fingerprint density at radius 2 is 0.913 bits per heavy atom. The maximum absolute atomic E-state index is 11.4. The largest absolute Gasteiger partial charge is 0.310 e. The molecule has 0 aliphatic carbocycles. The molecule has 0 spiro atoms. The molecule has 0 N–H and O–H groups in total. The average molecular weight is 327 g/mol. The number of rotatable bonds is 16. The molecule has 23 heavy (non-hydrogen) atoms. The van der Waals surface area contributed by atoms with Gasteiger partial charge in [-0.1, -0.05) is 90.4 Å². The molecule has 0 aliphatic heterocycles. The summed E-state index contributed by atoms with van der Waals surface area (Å²) in [6.45, 7) is 4.98. The second-order valence-electron chi connectivity index (χ2n) is 7.88. The van der Waals surface area contributed by atoms with Gasteiger partial charge >= 0.3 is 5.91 Å². The molecule has 0 radical (unpaired) electrons. The molecule has 2 heteroatoms. The molecule has 138 valence electrons. The molecule has 0 aromatic rings. The van der Waals surface area contributed by atoms with Crippen LogP contribution in [0.15, 0.2) is 0 Å². The van der Waals surface area contributed by atoms with Gasteiger partial charge in [-0.3, -0.25) is 4.48 Å². The normalized spacial score (nSPS) is 11.8. The van der Waals surface area contributed by atoms with E-state index in [1.54, 1.807) is 6.92 Å². The predicted octanol–water partition coefficient (Wildman–Crippen LogP) is 6.48. The Balaban J connectivity index is 3.15. The highest BCUT2D eigenvalue weighted by molar-refractivity contribution is 5.65. The Hall–Kier alpha value is -0.370. The van der Waals surface area contributed by atoms with Gasteiger partial charge < -0.3 is 0 Å². The lowest BCUT2D eigenvalue weighted by atomic mass is 10.0. The minimum Gasteiger partial charge on any atom is -0.266 e. The maximum atomic E-state index is 11.4. The van der Waals surface area contributed by atoms with E-state index in [9.17, 15) is 4.79 Å². The molecule has 0 unspecified atom stereocenters. The number of amides is 1. The summed E-state index contributed by atoms with van der Waals surface area (Å²) in [5, 5.41) is 0. The van der Waals surface area contributed by atoms with Gasteiger partial charge in [0.25, 0.3) is 0 Å². The van der Waals surface area contributed by atoms with E-state index in [4.69, 9.17) is 0 Å². The molecule has 0 fully saturated rings. The first kappa shape index (κ1) is 22.6. The van der Waals surface area contributed by atoms with Crippen molar-refractivity contribution in [1.82, 2.24) is 0 Å². The molecule has 0 saturated carbocycles. The summed E-state index contributed by atoms with van der Waals surface area (Å²) in [4.78, 5) is 11.4. The Labute approximate surface area is 146 Å². The van der Waals surface area contributed by atoms with Crippen molar-refractivity contribution >= 4 is 5.91 Å². The van der Waals surface area contributed by atoms with E-state index in [1.165, 1.54) is 96.3 Å². The fourth-order valence-corrected chi connectivity index (χ4v) is 3.04. The average Bonchev–Trinajstić information content (AvgIpc) is 2.51. The maximum Gasteiger partial charge on any atom is 0.310 e. The zero-order chi connectivity index (χ0) is 17.4. The molecule has 0 aromatic carbocycles. The van der Waals surface area contributed by atoms with Gasteiger partial charge in [-0.15, -0.1) is 0 Å². The summed E-state index contributed by atoms with van der Waals surface area (Å²) >= 11 is 0. The molecule has 1 amide bonds. The Kier molecular flexibility index (Phi) is 14.9. The molecule has 2 nitrogen and oxygen atoms in total. The molecule has 0 atom stereocenters. The van der Waals surface area contributed by atoms with E-state index in [2.05, 4.69) is 6.92 Å². The molecule has 0 aliphatic rings. The first-order chi connectivity index (χ1) is 11.0. The summed E-state index contributed by atoms with van der Waals surface area (Å²) in [5.41, 5.74) is 0. The summed E-state index contributed by atoms with van der Waals surface area (Å²) in [5.74, 6) is 0.273. The highest BCUT2D eigenvalue weighted by atomic mass is 16.2. The van der Waals surface area contributed by atoms with Crippen LogP contribution in [0.2, 0.25) is 0 Å². The summed E-state index contributed by atoms with van der Waals surface area (Å²) in [6, 6.07) is 0. The van der Waals surface area contributed by atoms with Crippen LogP contribution in [0.5, 0.6) is 0 Å². The number of carbonyl (C=O) groups is 1. The quantitative estimate of drug-likeness (QED) is 0.234. The third-order valence-electron chi connectivity index (χ3n) is 5.17. The van der Waals surface area contributed by atoms with Crippen molar-refractivity contribution < 1.29 is 9.28 Å². The highest BCUT2D eigenvalue weighted by Crippen LogP contribution is 2.13. The summed E-state index contributed by atoms with van der Waals surface area (Å²) in [6.07, 6.45) is 20.9. The first-order valence-corrected chi connectivity index (χ1v) is 10.3. The number of carbonyl (C=O) groups excluding carboxylic acids is 1. The van der Waals surface area contributed by atoms with Gasteiger partial charge in [0, 0.05) is 0 Å². The van der Waals surface area contributed by atoms with Crippen molar-refractivity contribution in [3.05, 3.63) is 0 Å². The van der Waals surface area contributed by atoms with Crippen LogP contribution in [0.1, 0.15) is 110 Å². The molecule has 0 heterocycles. The van der Waals surface area contributed by atoms with Crippen LogP contribution in [0.3, 0.4) is 0 Å². The molecule has 0 bridgehead atoms. The fraction of sp³-hybridized carbons (Fsp3) is 0.952. The van der Waals surface area contributed by atoms with Crippen molar-refractivity contribution in [2.24, 2.45) is 0 Å². The SMILES string of the molecule is CCCCCCCCCCCCCCCCC[N+](C)(C)C(C)=O. The van der Waals surface area contributed by atoms with Crippen LogP contribution >= 0.6 is 0 Å². The molecular weight excluding hydrogens is 282 g/mol. The fourth-order valence-electron chi connectivity index (χ4n) is 3.04. The monoisotopic (exact) mass is 326 g/mol. The van der Waals surface area contributed by atoms with Crippen molar-refractivity contribution in [3.8, 4) is 0 Å². The van der Waals surface area contributed by atoms with Gasteiger partial charge in [-0.05, 0) is 12.8 Å². The van der Waals surface area contributed by atoms with Gasteiger partial charge in [0.2, 0.25) is 0 Å². The van der Waals surface area contributed by atoms with E-state index >= 15 is 0 Å². The number of unbranched alkanes of at least 4 members (excludes halogenated alkanes) is 14. The molecule has 0 saturated heterocycles. The Bertz CT molecular complexity index is 273. The van der Waals surface area contributed by atoms with Crippen molar-refractivity contribution in [1.29, 1.82) is 0 Å². The van der Waals surface area contributed by atoms with Crippen LogP contribution in [0, 0.1) is 0 Å². The molecule has 0 aromatic heterocycles. The van der Waals surface area contributed by atoms with E-state index in [0.717, 1.165) is 6.54 Å². The number of nitrogens with zero attached hydrogens (tertiary/aromatic N) is 1. The van der Waals surface area contributed by atoms with Gasteiger partial charge in [0.1, 0.15) is 0 Å². The number of quaternary nitrogens is 1. The summed E-state index contributed by atoms with van der Waals surface area (Å²) < 4.78 is 0.540. The first-order valence-electron chi connectivity index (χ1n) is 10.3. The standard InChI is InChI=1S/C21H44NO/c1-5-6-7-8-9-10-11-12-13-14-15-16-17-18-19-20-22(3,4)21(2)23/h5-20H2,1-4H3/q+1. The van der Waals surface area contributed by atoms with Crippen LogP contribution in [0.25, 0.3) is 0 Å². The highest BCUT2D eigenvalue weighted by Gasteiger charge is 2.20. The van der Waals surface area contributed by atoms with E-state index in [-0.39, 0.29) is 5.91 Å². The third-order valence-corrected chi connectivity index (χ3v) is 5.17. The summed E-state index contributed by atoms with van der Waals surface area (Å²) in [7, 11) is 4.04. The van der Waals surface area contributed by atoms with E-state index < -0.39 is 0 Å². The zero-order valence-corrected chi connectivity index (χ0v) is 16.7. The third kappa shape index (κ3) is 14.9. The van der Waals surface area contributed by atoms with Crippen molar-refractivity contribution in [2.45, 2.75) is 110 Å². The Morgan fingerprint density at radius 1 is 0.609 bits per heavy atom. The van der Waals surface area contributed by atoms with Crippen LogP contribution in [-0.4, -0.2) is 31.0 Å². The van der Waals surface area contributed by atoms with E-state index in [0.29, 0.717) is 4.48 Å². The topological polar surface area (TPSA) is 17.1 Å². The van der Waals surface area contributed by atoms with Crippen LogP contribution in [0.4, 0.5) is 0 Å². The lowest BCUT2D eigenvalue weighted by Crippen LogP contribution is -2.44. The van der Waals surface area contributed by atoms with Gasteiger partial charge in [-0.2, -0.15) is 0 Å². The number of hydrogen-bond donors (Lipinski definition) is 0. The van der Waals surface area contributed by atoms with Crippen LogP contribution in [-0.2, 0) is 4.79 Å². The van der Waals surface area contributed by atoms with E-state index in [1.807, 2.05) is 14.1 Å².